The molecule has 2 aromatic rings. The van der Waals surface area contributed by atoms with Crippen LogP contribution in [0, 0.1) is 0 Å². The van der Waals surface area contributed by atoms with E-state index in [-0.39, 0.29) is 28.6 Å². The van der Waals surface area contributed by atoms with E-state index in [0.717, 1.165) is 53.3 Å². The molecule has 0 bridgehead atoms. The molecular weight excluding hydrogens is 529 g/mol. The van der Waals surface area contributed by atoms with Crippen molar-refractivity contribution in [3.8, 4) is 5.75 Å². The Labute approximate surface area is 204 Å². The number of carbonyl (C=O) groups is 1. The number of thioether (sulfide) groups is 1. The van der Waals surface area contributed by atoms with Crippen molar-refractivity contribution in [3.63, 3.8) is 0 Å². The summed E-state index contributed by atoms with van der Waals surface area (Å²) in [5.74, 6) is -0.546. The number of amides is 1. The molecule has 1 N–H and O–H groups in total. The Hall–Kier alpha value is -1.42. The van der Waals surface area contributed by atoms with Crippen LogP contribution in [0.1, 0.15) is 34.3 Å². The van der Waals surface area contributed by atoms with Crippen molar-refractivity contribution in [1.82, 2.24) is 10.2 Å². The van der Waals surface area contributed by atoms with Gasteiger partial charge in [-0.2, -0.15) is 13.2 Å². The Morgan fingerprint density at radius 2 is 2.00 bits per heavy atom. The van der Waals surface area contributed by atoms with Crippen LogP contribution in [0.2, 0.25) is 0 Å². The molecule has 0 aromatic heterocycles. The van der Waals surface area contributed by atoms with Gasteiger partial charge < -0.3 is 15.0 Å². The highest BCUT2D eigenvalue weighted by Crippen LogP contribution is 2.39. The number of benzene rings is 2. The molecule has 0 aliphatic carbocycles. The fraction of sp³-hybridized carbons (Fsp3) is 0.409. The lowest BCUT2D eigenvalue weighted by Gasteiger charge is -2.43. The van der Waals surface area contributed by atoms with Crippen molar-refractivity contribution >= 4 is 46.0 Å². The van der Waals surface area contributed by atoms with Gasteiger partial charge in [0.15, 0.2) is 0 Å². The summed E-state index contributed by atoms with van der Waals surface area (Å²) in [7, 11) is 3.26. The van der Waals surface area contributed by atoms with Gasteiger partial charge in [-0.1, -0.05) is 28.1 Å². The van der Waals surface area contributed by atoms with Crippen LogP contribution in [0.25, 0.3) is 0 Å². The van der Waals surface area contributed by atoms with Crippen LogP contribution in [0.3, 0.4) is 0 Å². The third-order valence-corrected chi connectivity index (χ3v) is 6.73. The Morgan fingerprint density at radius 1 is 1.28 bits per heavy atom. The summed E-state index contributed by atoms with van der Waals surface area (Å²) >= 11 is 4.58. The number of halogens is 5. The van der Waals surface area contributed by atoms with E-state index >= 15 is 0 Å². The smallest absolute Gasteiger partial charge is 0.416 e. The topological polar surface area (TPSA) is 41.6 Å². The van der Waals surface area contributed by atoms with Gasteiger partial charge in [-0.15, -0.1) is 24.2 Å². The van der Waals surface area contributed by atoms with Crippen molar-refractivity contribution in [2.24, 2.45) is 0 Å². The minimum atomic E-state index is -4.53. The Morgan fingerprint density at radius 3 is 2.56 bits per heavy atom. The predicted octanol–water partition coefficient (Wildman–Crippen LogP) is 5.97. The molecule has 0 saturated carbocycles. The van der Waals surface area contributed by atoms with Crippen molar-refractivity contribution < 1.29 is 22.7 Å². The molecule has 2 aromatic carbocycles. The third kappa shape index (κ3) is 5.73. The average molecular weight is 554 g/mol. The van der Waals surface area contributed by atoms with Crippen LogP contribution >= 0.6 is 40.1 Å². The zero-order valence-electron chi connectivity index (χ0n) is 17.9. The van der Waals surface area contributed by atoms with Gasteiger partial charge in [-0.25, -0.2) is 0 Å². The number of nitrogens with zero attached hydrogens (tertiary/aromatic N) is 1. The molecule has 1 heterocycles. The number of rotatable bonds is 5. The fourth-order valence-corrected chi connectivity index (χ4v) is 5.09. The molecule has 32 heavy (non-hydrogen) atoms. The van der Waals surface area contributed by atoms with Gasteiger partial charge in [0, 0.05) is 15.9 Å². The maximum absolute atomic E-state index is 13.5. The summed E-state index contributed by atoms with van der Waals surface area (Å²) in [6.07, 6.45) is -1.29. The first-order valence-corrected chi connectivity index (χ1v) is 11.7. The molecule has 1 saturated heterocycles. The Balaban J connectivity index is 0.00000363. The first-order valence-electron chi connectivity index (χ1n) is 9.70. The van der Waals surface area contributed by atoms with Gasteiger partial charge >= 0.3 is 6.18 Å². The molecular formula is C22H25BrClF3N2O2S. The average Bonchev–Trinajstić information content (AvgIpc) is 2.71. The predicted molar refractivity (Wildman–Crippen MR) is 127 cm³/mol. The molecule has 3 rings (SSSR count). The van der Waals surface area contributed by atoms with Gasteiger partial charge in [0.1, 0.15) is 5.75 Å². The number of likely N-dealkylation sites (N-methyl/N-ethyl adjacent to an activating group) is 1. The molecule has 0 spiro atoms. The van der Waals surface area contributed by atoms with E-state index in [0.29, 0.717) is 6.54 Å². The Kier molecular flexibility index (Phi) is 8.95. The van der Waals surface area contributed by atoms with Crippen LogP contribution in [0.4, 0.5) is 13.2 Å². The number of hydrogen-bond acceptors (Lipinski definition) is 4. The van der Waals surface area contributed by atoms with Crippen LogP contribution < -0.4 is 10.1 Å². The van der Waals surface area contributed by atoms with E-state index in [2.05, 4.69) is 26.1 Å². The first kappa shape index (κ1) is 26.8. The minimum absolute atomic E-state index is 0. The zero-order chi connectivity index (χ0) is 22.8. The second-order valence-corrected chi connectivity index (χ2v) is 9.41. The summed E-state index contributed by atoms with van der Waals surface area (Å²) in [5.41, 5.74) is -0.453. The molecule has 1 aliphatic heterocycles. The molecule has 1 amide bonds. The van der Waals surface area contributed by atoms with Crippen LogP contribution in [-0.2, 0) is 11.7 Å². The van der Waals surface area contributed by atoms with E-state index in [4.69, 9.17) is 4.74 Å². The number of hydrogen-bond donors (Lipinski definition) is 1. The van der Waals surface area contributed by atoms with Gasteiger partial charge in [0.2, 0.25) is 0 Å². The first-order chi connectivity index (χ1) is 14.6. The molecule has 1 aliphatic rings. The largest absolute Gasteiger partial charge is 0.496 e. The summed E-state index contributed by atoms with van der Waals surface area (Å²) in [4.78, 5) is 15.9. The second-order valence-electron chi connectivity index (χ2n) is 7.64. The van der Waals surface area contributed by atoms with Gasteiger partial charge in [-0.3, -0.25) is 4.79 Å². The van der Waals surface area contributed by atoms with Crippen molar-refractivity contribution in [2.45, 2.75) is 29.5 Å². The summed E-state index contributed by atoms with van der Waals surface area (Å²) in [6, 6.07) is 9.64. The highest BCUT2D eigenvalue weighted by atomic mass is 79.9. The monoisotopic (exact) mass is 552 g/mol. The van der Waals surface area contributed by atoms with E-state index in [1.807, 2.05) is 31.3 Å². The maximum Gasteiger partial charge on any atom is 0.416 e. The van der Waals surface area contributed by atoms with Gasteiger partial charge in [0.05, 0.1) is 23.8 Å². The standard InChI is InChI=1S/C22H24BrF3N2O2S.ClH/c1-28-9-5-8-21(13-28,14-6-4-7-16(23)10-14)27-20(29)19-17(30-2)11-15(22(24,25)26)12-18(19)31-3;/h4,6-7,10-12H,5,8-9,13H2,1-3H3,(H,27,29);1H. The SMILES string of the molecule is COc1cc(C(F)(F)F)cc(SC)c1C(=O)NC1(c2cccc(Br)c2)CCCN(C)C1.Cl. The Bertz CT molecular complexity index is 951. The van der Waals surface area contributed by atoms with Crippen LogP contribution in [0.5, 0.6) is 5.75 Å². The number of likely N-dealkylation sites (tertiary alicyclic amines) is 1. The summed E-state index contributed by atoms with van der Waals surface area (Å²) in [5, 5.41) is 3.15. The van der Waals surface area contributed by atoms with E-state index < -0.39 is 23.2 Å². The quantitative estimate of drug-likeness (QED) is 0.463. The normalized spacial score (nSPS) is 19.2. The number of alkyl halides is 3. The zero-order valence-corrected chi connectivity index (χ0v) is 21.1. The highest BCUT2D eigenvalue weighted by molar-refractivity contribution is 9.10. The lowest BCUT2D eigenvalue weighted by molar-refractivity contribution is -0.137. The van der Waals surface area contributed by atoms with Crippen molar-refractivity contribution in [2.75, 3.05) is 33.5 Å². The van der Waals surface area contributed by atoms with Crippen LogP contribution in [-0.4, -0.2) is 44.3 Å². The number of piperidine rings is 1. The third-order valence-electron chi connectivity index (χ3n) is 5.47. The van der Waals surface area contributed by atoms with Gasteiger partial charge in [-0.05, 0) is 62.5 Å². The van der Waals surface area contributed by atoms with Gasteiger partial charge in [0.25, 0.3) is 5.91 Å². The number of nitrogens with one attached hydrogen (secondary N) is 1. The molecule has 10 heteroatoms. The molecule has 1 unspecified atom stereocenters. The number of methoxy groups -OCH3 is 1. The van der Waals surface area contributed by atoms with Crippen molar-refractivity contribution in [3.05, 3.63) is 57.6 Å². The number of ether oxygens (including phenoxy) is 1. The molecule has 4 nitrogen and oxygen atoms in total. The van der Waals surface area contributed by atoms with Crippen LogP contribution in [0.15, 0.2) is 45.8 Å². The lowest BCUT2D eigenvalue weighted by atomic mass is 9.82. The summed E-state index contributed by atoms with van der Waals surface area (Å²) < 4.78 is 46.1. The molecule has 176 valence electrons. The van der Waals surface area contributed by atoms with E-state index in [1.54, 1.807) is 6.26 Å². The molecule has 1 atom stereocenters. The highest BCUT2D eigenvalue weighted by Gasteiger charge is 2.39. The van der Waals surface area contributed by atoms with E-state index in [1.165, 1.54) is 7.11 Å². The summed E-state index contributed by atoms with van der Waals surface area (Å²) in [6.45, 7) is 1.50. The van der Waals surface area contributed by atoms with Crippen molar-refractivity contribution in [1.29, 1.82) is 0 Å². The molecule has 1 fully saturated rings. The number of carbonyl (C=O) groups excluding carboxylic acids is 1. The van der Waals surface area contributed by atoms with E-state index in [9.17, 15) is 18.0 Å². The lowest BCUT2D eigenvalue weighted by Crippen LogP contribution is -2.55. The molecule has 0 radical (unpaired) electrons. The second kappa shape index (κ2) is 10.7. The maximum atomic E-state index is 13.5. The fourth-order valence-electron chi connectivity index (χ4n) is 4.04. The minimum Gasteiger partial charge on any atom is -0.496 e.